The molecule has 16 heteroatoms. The molecule has 0 radical (unpaired) electrons. The minimum absolute atomic E-state index is 0.194. The fourth-order valence-electron chi connectivity index (χ4n) is 4.65. The Bertz CT molecular complexity index is 1490. The summed E-state index contributed by atoms with van der Waals surface area (Å²) in [7, 11) is 0. The zero-order chi connectivity index (χ0) is 33.5. The molecular weight excluding hydrogens is 620 g/mol. The molecule has 4 rings (SSSR count). The Morgan fingerprint density at radius 3 is 1.36 bits per heavy atom. The first-order chi connectivity index (χ1) is 20.0. The average Bonchev–Trinajstić information content (AvgIpc) is 2.87. The van der Waals surface area contributed by atoms with Gasteiger partial charge in [-0.1, -0.05) is 48.5 Å². The maximum atomic E-state index is 13.7. The van der Waals surface area contributed by atoms with E-state index in [4.69, 9.17) is 22.9 Å². The van der Waals surface area contributed by atoms with Crippen molar-refractivity contribution in [1.29, 1.82) is 0 Å². The van der Waals surface area contributed by atoms with Crippen LogP contribution in [0.25, 0.3) is 11.1 Å². The van der Waals surface area contributed by atoms with Gasteiger partial charge in [-0.3, -0.25) is 0 Å². The Balaban J connectivity index is 0.000000240. The average molecular weight is 642 g/mol. The van der Waals surface area contributed by atoms with E-state index < -0.39 is 69.7 Å². The van der Waals surface area contributed by atoms with Crippen LogP contribution >= 0.6 is 0 Å². The van der Waals surface area contributed by atoms with Crippen LogP contribution in [-0.4, -0.2) is 18.4 Å². The molecule has 2 unspecified atom stereocenters. The van der Waals surface area contributed by atoms with Crippen molar-refractivity contribution in [3.8, 4) is 11.1 Å². The molecular formula is C28H22F12N4. The van der Waals surface area contributed by atoms with Gasteiger partial charge in [-0.05, 0) is 47.0 Å². The third-order valence-electron chi connectivity index (χ3n) is 6.65. The van der Waals surface area contributed by atoms with Crippen LogP contribution < -0.4 is 22.9 Å². The molecule has 1 aliphatic rings. The summed E-state index contributed by atoms with van der Waals surface area (Å²) in [6, 6.07) is 9.12. The SMILES string of the molecule is NC1=C(C(F)(F)F)C(N)C(c2ccccc2)(C(F)(F)F)C=C1.Nc1ccc(-c2ccc(N)cc2C(F)(F)F)c(C(F)(F)F)c1. The van der Waals surface area contributed by atoms with Crippen LogP contribution in [0.15, 0.2) is 90.2 Å². The van der Waals surface area contributed by atoms with Gasteiger partial charge in [0.05, 0.1) is 22.7 Å². The zero-order valence-corrected chi connectivity index (χ0v) is 21.9. The van der Waals surface area contributed by atoms with Gasteiger partial charge in [-0.25, -0.2) is 0 Å². The van der Waals surface area contributed by atoms with Crippen LogP contribution in [0.1, 0.15) is 16.7 Å². The Hall–Kier alpha value is -4.34. The first-order valence-corrected chi connectivity index (χ1v) is 12.1. The molecule has 2 atom stereocenters. The van der Waals surface area contributed by atoms with Gasteiger partial charge in [0, 0.05) is 17.1 Å². The molecule has 3 aromatic rings. The van der Waals surface area contributed by atoms with Crippen molar-refractivity contribution in [2.75, 3.05) is 11.5 Å². The highest BCUT2D eigenvalue weighted by Crippen LogP contribution is 2.51. The lowest BCUT2D eigenvalue weighted by atomic mass is 9.68. The number of benzene rings is 3. The normalized spacial score (nSPS) is 19.4. The summed E-state index contributed by atoms with van der Waals surface area (Å²) in [5.74, 6) is 0. The second kappa shape index (κ2) is 11.6. The molecule has 0 amide bonds. The summed E-state index contributed by atoms with van der Waals surface area (Å²) in [4.78, 5) is 0. The van der Waals surface area contributed by atoms with E-state index in [0.717, 1.165) is 36.4 Å². The van der Waals surface area contributed by atoms with Crippen molar-refractivity contribution in [2.45, 2.75) is 36.2 Å². The van der Waals surface area contributed by atoms with E-state index in [0.29, 0.717) is 24.3 Å². The predicted molar refractivity (Wildman–Crippen MR) is 139 cm³/mol. The van der Waals surface area contributed by atoms with Crippen molar-refractivity contribution in [1.82, 2.24) is 0 Å². The number of nitrogen functional groups attached to an aromatic ring is 2. The summed E-state index contributed by atoms with van der Waals surface area (Å²) < 4.78 is 159. The van der Waals surface area contributed by atoms with Gasteiger partial charge in [0.15, 0.2) is 0 Å². The minimum atomic E-state index is -5.06. The maximum Gasteiger partial charge on any atom is 0.417 e. The molecule has 44 heavy (non-hydrogen) atoms. The molecule has 0 spiro atoms. The van der Waals surface area contributed by atoms with Crippen molar-refractivity contribution in [3.05, 3.63) is 107 Å². The summed E-state index contributed by atoms with van der Waals surface area (Å²) in [5, 5.41) is 0. The Morgan fingerprint density at radius 1 is 0.568 bits per heavy atom. The monoisotopic (exact) mass is 642 g/mol. The first kappa shape index (κ1) is 34.2. The highest BCUT2D eigenvalue weighted by molar-refractivity contribution is 5.75. The summed E-state index contributed by atoms with van der Waals surface area (Å²) in [6.45, 7) is 0. The topological polar surface area (TPSA) is 104 Å². The molecule has 0 aromatic heterocycles. The van der Waals surface area contributed by atoms with Crippen LogP contribution in [0, 0.1) is 0 Å². The van der Waals surface area contributed by atoms with E-state index in [1.807, 2.05) is 0 Å². The minimum Gasteiger partial charge on any atom is -0.399 e. The second-order valence-corrected chi connectivity index (χ2v) is 9.52. The third-order valence-corrected chi connectivity index (χ3v) is 6.65. The highest BCUT2D eigenvalue weighted by atomic mass is 19.4. The second-order valence-electron chi connectivity index (χ2n) is 9.52. The van der Waals surface area contributed by atoms with Crippen molar-refractivity contribution in [2.24, 2.45) is 11.5 Å². The molecule has 0 fully saturated rings. The fourth-order valence-corrected chi connectivity index (χ4v) is 4.65. The lowest BCUT2D eigenvalue weighted by Crippen LogP contribution is -2.58. The standard InChI is InChI=1S/C14H10F6N2.C14H12F6N2/c15-13(16,17)11-5-7(21)1-3-9(11)10-4-2-8(22)6-12(10)14(18,19)20;15-13(16,17)10-9(21)6-7-12(11(10)22,14(18,19)20)8-4-2-1-3-5-8/h1-6H,21-22H2;1-7,11H,21-22H2. The van der Waals surface area contributed by atoms with E-state index in [1.165, 1.54) is 18.2 Å². The Kier molecular flexibility index (Phi) is 9.03. The van der Waals surface area contributed by atoms with Gasteiger partial charge < -0.3 is 22.9 Å². The molecule has 0 saturated carbocycles. The molecule has 4 nitrogen and oxygen atoms in total. The number of hydrogen-bond donors (Lipinski definition) is 4. The van der Waals surface area contributed by atoms with E-state index in [9.17, 15) is 52.7 Å². The summed E-state index contributed by atoms with van der Waals surface area (Å²) in [5.41, 5.74) is 11.5. The number of alkyl halides is 12. The van der Waals surface area contributed by atoms with Crippen molar-refractivity contribution >= 4 is 11.4 Å². The number of hydrogen-bond acceptors (Lipinski definition) is 4. The van der Waals surface area contributed by atoms with Crippen molar-refractivity contribution in [3.63, 3.8) is 0 Å². The van der Waals surface area contributed by atoms with E-state index >= 15 is 0 Å². The highest BCUT2D eigenvalue weighted by Gasteiger charge is 2.63. The lowest BCUT2D eigenvalue weighted by molar-refractivity contribution is -0.185. The lowest BCUT2D eigenvalue weighted by Gasteiger charge is -2.42. The van der Waals surface area contributed by atoms with Crippen LogP contribution in [0.3, 0.4) is 0 Å². The smallest absolute Gasteiger partial charge is 0.399 e. The Labute approximate surface area is 241 Å². The van der Waals surface area contributed by atoms with E-state index in [2.05, 4.69) is 0 Å². The van der Waals surface area contributed by atoms with Crippen LogP contribution in [0.5, 0.6) is 0 Å². The molecule has 1 aliphatic carbocycles. The van der Waals surface area contributed by atoms with E-state index in [-0.39, 0.29) is 16.9 Å². The van der Waals surface area contributed by atoms with Crippen LogP contribution in [0.4, 0.5) is 64.1 Å². The predicted octanol–water partition coefficient (Wildman–Crippen LogP) is 7.71. The van der Waals surface area contributed by atoms with Gasteiger partial charge in [0.25, 0.3) is 0 Å². The molecule has 8 N–H and O–H groups in total. The summed E-state index contributed by atoms with van der Waals surface area (Å²) in [6.07, 6.45) is -18.5. The molecule has 0 bridgehead atoms. The van der Waals surface area contributed by atoms with Gasteiger partial charge in [0.1, 0.15) is 5.41 Å². The number of nitrogens with two attached hydrogens (primary N) is 4. The van der Waals surface area contributed by atoms with Crippen LogP contribution in [0.2, 0.25) is 0 Å². The zero-order valence-electron chi connectivity index (χ0n) is 21.9. The maximum absolute atomic E-state index is 13.7. The summed E-state index contributed by atoms with van der Waals surface area (Å²) >= 11 is 0. The van der Waals surface area contributed by atoms with Gasteiger partial charge in [0.2, 0.25) is 0 Å². The Morgan fingerprint density at radius 2 is 1.00 bits per heavy atom. The molecule has 0 saturated heterocycles. The number of rotatable bonds is 2. The van der Waals surface area contributed by atoms with Crippen LogP contribution in [-0.2, 0) is 17.8 Å². The quantitative estimate of drug-likeness (QED) is 0.170. The molecule has 3 aromatic carbocycles. The largest absolute Gasteiger partial charge is 0.417 e. The molecule has 238 valence electrons. The van der Waals surface area contributed by atoms with Crippen molar-refractivity contribution < 1.29 is 52.7 Å². The first-order valence-electron chi connectivity index (χ1n) is 12.1. The van der Waals surface area contributed by atoms with Gasteiger partial charge in [-0.15, -0.1) is 0 Å². The van der Waals surface area contributed by atoms with E-state index in [1.54, 1.807) is 0 Å². The van der Waals surface area contributed by atoms with Gasteiger partial charge in [-0.2, -0.15) is 52.7 Å². The van der Waals surface area contributed by atoms with Gasteiger partial charge >= 0.3 is 24.7 Å². The molecule has 0 heterocycles. The number of allylic oxidation sites excluding steroid dienone is 1. The number of halogens is 12. The third kappa shape index (κ3) is 6.74. The fraction of sp³-hybridized carbons (Fsp3) is 0.214. The molecule has 0 aliphatic heterocycles. The number of anilines is 2.